The van der Waals surface area contributed by atoms with Gasteiger partial charge >= 0.3 is 6.18 Å². The fourth-order valence-electron chi connectivity index (χ4n) is 3.96. The predicted octanol–water partition coefficient (Wildman–Crippen LogP) is 5.34. The molecule has 0 aliphatic carbocycles. The second-order valence-corrected chi connectivity index (χ2v) is 8.96. The molecule has 0 saturated carbocycles. The zero-order valence-electron chi connectivity index (χ0n) is 20.9. The van der Waals surface area contributed by atoms with Crippen molar-refractivity contribution in [2.75, 3.05) is 49.8 Å². The zero-order valence-corrected chi connectivity index (χ0v) is 20.9. The third kappa shape index (κ3) is 6.00. The Morgan fingerprint density at radius 3 is 2.54 bits per heavy atom. The van der Waals surface area contributed by atoms with Crippen molar-refractivity contribution in [1.82, 2.24) is 19.9 Å². The van der Waals surface area contributed by atoms with Gasteiger partial charge < -0.3 is 25.4 Å². The topological polar surface area (TPSA) is 89.2 Å². The molecule has 8 nitrogen and oxygen atoms in total. The first-order valence-corrected chi connectivity index (χ1v) is 11.6. The molecule has 0 unspecified atom stereocenters. The van der Waals surface area contributed by atoms with E-state index >= 15 is 0 Å². The number of para-hydroxylation sites is 1. The minimum Gasteiger partial charge on any atom is -0.372 e. The average molecular weight is 512 g/mol. The number of likely N-dealkylation sites (N-methyl/N-ethyl adjacent to an activating group) is 2. The van der Waals surface area contributed by atoms with Gasteiger partial charge in [0.05, 0.1) is 17.1 Å². The molecule has 0 atom stereocenters. The number of hydrogen-bond acceptors (Lipinski definition) is 6. The number of anilines is 4. The lowest BCUT2D eigenvalue weighted by molar-refractivity contribution is -0.137. The number of hydrogen-bond donors (Lipinski definition) is 3. The summed E-state index contributed by atoms with van der Waals surface area (Å²) in [6.07, 6.45) is -2.34. The van der Waals surface area contributed by atoms with E-state index in [-0.39, 0.29) is 17.5 Å². The van der Waals surface area contributed by atoms with E-state index in [2.05, 4.69) is 30.5 Å². The van der Waals surface area contributed by atoms with Crippen molar-refractivity contribution in [2.24, 2.45) is 0 Å². The van der Waals surface area contributed by atoms with Gasteiger partial charge in [0.15, 0.2) is 0 Å². The van der Waals surface area contributed by atoms with Gasteiger partial charge in [-0.05, 0) is 38.4 Å². The summed E-state index contributed by atoms with van der Waals surface area (Å²) in [5.74, 6) is -0.248. The van der Waals surface area contributed by atoms with Crippen molar-refractivity contribution in [1.29, 1.82) is 0 Å². The molecular weight excluding hydrogens is 483 g/mol. The van der Waals surface area contributed by atoms with Crippen LogP contribution in [0.15, 0.2) is 54.9 Å². The molecule has 1 amide bonds. The van der Waals surface area contributed by atoms with E-state index in [4.69, 9.17) is 0 Å². The van der Waals surface area contributed by atoms with Crippen LogP contribution in [0.25, 0.3) is 22.2 Å². The van der Waals surface area contributed by atoms with E-state index in [0.717, 1.165) is 25.0 Å². The Morgan fingerprint density at radius 1 is 1.08 bits per heavy atom. The normalized spacial score (nSPS) is 11.7. The first kappa shape index (κ1) is 26.0. The number of H-pyrrole nitrogens is 1. The number of alkyl halides is 3. The Hall–Kier alpha value is -4.12. The van der Waals surface area contributed by atoms with Crippen LogP contribution in [0, 0.1) is 0 Å². The number of benzene rings is 2. The highest BCUT2D eigenvalue weighted by molar-refractivity contribution is 5.96. The SMILES string of the molecule is CC(=O)Nc1cc(Nc2ncc(C(F)(F)F)c(-c3c[nH]c4ccccc34)n2)ccc1N(C)CCN(C)C. The van der Waals surface area contributed by atoms with Gasteiger partial charge in [-0.15, -0.1) is 0 Å². The maximum atomic E-state index is 13.8. The second-order valence-electron chi connectivity index (χ2n) is 8.96. The first-order valence-electron chi connectivity index (χ1n) is 11.6. The molecule has 0 saturated heterocycles. The van der Waals surface area contributed by atoms with E-state index < -0.39 is 11.7 Å². The van der Waals surface area contributed by atoms with Gasteiger partial charge in [-0.25, -0.2) is 9.97 Å². The molecule has 0 spiro atoms. The van der Waals surface area contributed by atoms with Crippen LogP contribution in [-0.4, -0.2) is 60.0 Å². The van der Waals surface area contributed by atoms with Gasteiger partial charge in [-0.2, -0.15) is 13.2 Å². The molecule has 11 heteroatoms. The lowest BCUT2D eigenvalue weighted by Crippen LogP contribution is -2.29. The number of carbonyl (C=O) groups excluding carboxylic acids is 1. The number of nitrogens with zero attached hydrogens (tertiary/aromatic N) is 4. The van der Waals surface area contributed by atoms with Gasteiger partial charge in [-0.3, -0.25) is 4.79 Å². The molecule has 194 valence electrons. The number of aromatic nitrogens is 3. The molecule has 4 aromatic rings. The summed E-state index contributed by atoms with van der Waals surface area (Å²) in [6.45, 7) is 2.95. The van der Waals surface area contributed by atoms with Crippen LogP contribution < -0.4 is 15.5 Å². The summed E-state index contributed by atoms with van der Waals surface area (Å²) in [7, 11) is 5.87. The largest absolute Gasteiger partial charge is 0.419 e. The molecule has 0 bridgehead atoms. The standard InChI is InChI=1S/C26H28F3N7O/c1-16(37)32-22-13-17(9-10-23(22)36(4)12-11-35(2)3)33-25-31-15-20(26(27,28)29)24(34-25)19-14-30-21-8-6-5-7-18(19)21/h5-10,13-15,30H,11-12H2,1-4H3,(H,32,37)(H,31,33,34). The summed E-state index contributed by atoms with van der Waals surface area (Å²) in [5.41, 5.74) is 1.73. The summed E-state index contributed by atoms with van der Waals surface area (Å²) in [4.78, 5) is 27.1. The van der Waals surface area contributed by atoms with Crippen LogP contribution in [0.3, 0.4) is 0 Å². The van der Waals surface area contributed by atoms with Crippen LogP contribution in [0.5, 0.6) is 0 Å². The van der Waals surface area contributed by atoms with Crippen LogP contribution >= 0.6 is 0 Å². The van der Waals surface area contributed by atoms with E-state index in [1.807, 2.05) is 32.1 Å². The van der Waals surface area contributed by atoms with E-state index in [0.29, 0.717) is 27.8 Å². The van der Waals surface area contributed by atoms with Crippen LogP contribution in [0.1, 0.15) is 12.5 Å². The summed E-state index contributed by atoms with van der Waals surface area (Å²) in [5, 5.41) is 6.43. The molecule has 37 heavy (non-hydrogen) atoms. The van der Waals surface area contributed by atoms with Gasteiger partial charge in [0.1, 0.15) is 5.56 Å². The molecule has 2 heterocycles. The highest BCUT2D eigenvalue weighted by atomic mass is 19.4. The lowest BCUT2D eigenvalue weighted by Gasteiger charge is -2.24. The zero-order chi connectivity index (χ0) is 26.7. The Bertz CT molecular complexity index is 1420. The van der Waals surface area contributed by atoms with E-state index in [1.165, 1.54) is 13.1 Å². The number of aromatic amines is 1. The smallest absolute Gasteiger partial charge is 0.372 e. The number of amides is 1. The highest BCUT2D eigenvalue weighted by Crippen LogP contribution is 2.39. The Labute approximate surface area is 212 Å². The number of rotatable bonds is 8. The average Bonchev–Trinajstić information content (AvgIpc) is 3.26. The molecule has 0 fully saturated rings. The lowest BCUT2D eigenvalue weighted by atomic mass is 10.1. The summed E-state index contributed by atoms with van der Waals surface area (Å²) >= 11 is 0. The summed E-state index contributed by atoms with van der Waals surface area (Å²) < 4.78 is 41.5. The van der Waals surface area contributed by atoms with Crippen molar-refractivity contribution in [3.63, 3.8) is 0 Å². The van der Waals surface area contributed by atoms with Crippen molar-refractivity contribution in [2.45, 2.75) is 13.1 Å². The van der Waals surface area contributed by atoms with Crippen molar-refractivity contribution >= 4 is 39.8 Å². The second kappa shape index (κ2) is 10.5. The van der Waals surface area contributed by atoms with Gasteiger partial charge in [0.2, 0.25) is 11.9 Å². The monoisotopic (exact) mass is 511 g/mol. The van der Waals surface area contributed by atoms with Gasteiger partial charge in [-0.1, -0.05) is 18.2 Å². The maximum Gasteiger partial charge on any atom is 0.419 e. The Balaban J connectivity index is 1.71. The van der Waals surface area contributed by atoms with Gasteiger partial charge in [0.25, 0.3) is 0 Å². The maximum absolute atomic E-state index is 13.8. The van der Waals surface area contributed by atoms with Crippen LogP contribution in [-0.2, 0) is 11.0 Å². The predicted molar refractivity (Wildman–Crippen MR) is 140 cm³/mol. The Kier molecular flexibility index (Phi) is 7.35. The van der Waals surface area contributed by atoms with Crippen molar-refractivity contribution in [3.05, 3.63) is 60.4 Å². The quantitative estimate of drug-likeness (QED) is 0.296. The van der Waals surface area contributed by atoms with Crippen LogP contribution in [0.2, 0.25) is 0 Å². The van der Waals surface area contributed by atoms with E-state index in [1.54, 1.807) is 36.4 Å². The third-order valence-corrected chi connectivity index (χ3v) is 5.80. The fourth-order valence-corrected chi connectivity index (χ4v) is 3.96. The summed E-state index contributed by atoms with van der Waals surface area (Å²) in [6, 6.07) is 12.4. The van der Waals surface area contributed by atoms with Crippen molar-refractivity contribution in [3.8, 4) is 11.3 Å². The molecule has 0 aliphatic rings. The Morgan fingerprint density at radius 2 is 1.84 bits per heavy atom. The van der Waals surface area contributed by atoms with E-state index in [9.17, 15) is 18.0 Å². The minimum atomic E-state index is -4.64. The number of halogens is 3. The number of fused-ring (bicyclic) bond motifs is 1. The number of carbonyl (C=O) groups is 1. The fraction of sp³-hybridized carbons (Fsp3) is 0.269. The molecule has 2 aromatic carbocycles. The highest BCUT2D eigenvalue weighted by Gasteiger charge is 2.36. The third-order valence-electron chi connectivity index (χ3n) is 5.80. The molecule has 2 aromatic heterocycles. The number of nitrogens with one attached hydrogen (secondary N) is 3. The van der Waals surface area contributed by atoms with Gasteiger partial charge in [0, 0.05) is 61.6 Å². The molecular formula is C26H28F3N7O. The molecule has 4 rings (SSSR count). The van der Waals surface area contributed by atoms with Crippen LogP contribution in [0.4, 0.5) is 36.2 Å². The minimum absolute atomic E-state index is 0.00392. The molecule has 0 radical (unpaired) electrons. The molecule has 0 aliphatic heterocycles. The van der Waals surface area contributed by atoms with Crippen molar-refractivity contribution < 1.29 is 18.0 Å². The first-order chi connectivity index (χ1) is 17.5. The molecule has 3 N–H and O–H groups in total.